The van der Waals surface area contributed by atoms with E-state index in [0.717, 1.165) is 12.0 Å². The van der Waals surface area contributed by atoms with Gasteiger partial charge in [-0.1, -0.05) is 52.0 Å². The molecule has 0 aliphatic rings. The van der Waals surface area contributed by atoms with Crippen LogP contribution in [0.15, 0.2) is 24.3 Å². The first kappa shape index (κ1) is 16.1. The second-order valence-corrected chi connectivity index (χ2v) is 6.01. The van der Waals surface area contributed by atoms with Gasteiger partial charge >= 0.3 is 6.18 Å². The summed E-state index contributed by atoms with van der Waals surface area (Å²) in [6.07, 6.45) is -3.91. The molecule has 0 aromatic heterocycles. The van der Waals surface area contributed by atoms with Crippen LogP contribution in [0.2, 0.25) is 0 Å². The van der Waals surface area contributed by atoms with Crippen LogP contribution in [-0.4, -0.2) is 6.18 Å². The van der Waals surface area contributed by atoms with Crippen LogP contribution < -0.4 is 0 Å². The molecule has 1 atom stereocenters. The molecule has 19 heavy (non-hydrogen) atoms. The molecule has 0 aliphatic heterocycles. The highest BCUT2D eigenvalue weighted by Crippen LogP contribution is 2.31. The molecule has 0 N–H and O–H groups in total. The topological polar surface area (TPSA) is 0 Å². The third-order valence-electron chi connectivity index (χ3n) is 3.34. The summed E-state index contributed by atoms with van der Waals surface area (Å²) < 4.78 is 36.9. The molecule has 108 valence electrons. The Morgan fingerprint density at radius 3 is 1.84 bits per heavy atom. The minimum atomic E-state index is -4.13. The van der Waals surface area contributed by atoms with Gasteiger partial charge in [-0.3, -0.25) is 0 Å². The number of rotatable bonds is 5. The van der Waals surface area contributed by atoms with Gasteiger partial charge in [-0.2, -0.15) is 13.2 Å². The van der Waals surface area contributed by atoms with Crippen LogP contribution in [-0.2, 0) is 6.42 Å². The van der Waals surface area contributed by atoms with Crippen molar-refractivity contribution in [3.63, 3.8) is 0 Å². The molecular weight excluding hydrogens is 249 g/mol. The molecule has 1 aromatic rings. The van der Waals surface area contributed by atoms with Gasteiger partial charge in [0.1, 0.15) is 0 Å². The van der Waals surface area contributed by atoms with E-state index >= 15 is 0 Å². The third kappa shape index (κ3) is 5.66. The summed E-state index contributed by atoms with van der Waals surface area (Å²) in [5, 5.41) is 0. The molecule has 0 radical (unpaired) electrons. The molecule has 0 nitrogen and oxygen atoms in total. The Hall–Kier alpha value is -0.990. The average Bonchev–Trinajstić information content (AvgIpc) is 2.24. The van der Waals surface area contributed by atoms with E-state index in [1.54, 1.807) is 12.1 Å². The SMILES string of the molecule is CC(C)CC(c1ccc(CC(F)(F)F)cc1)C(C)C. The number of hydrogen-bond donors (Lipinski definition) is 0. The molecule has 0 aliphatic carbocycles. The van der Waals surface area contributed by atoms with Crippen molar-refractivity contribution in [3.8, 4) is 0 Å². The summed E-state index contributed by atoms with van der Waals surface area (Å²) in [5.74, 6) is 1.50. The maximum Gasteiger partial charge on any atom is 0.393 e. The van der Waals surface area contributed by atoms with Crippen molar-refractivity contribution in [1.29, 1.82) is 0 Å². The summed E-state index contributed by atoms with van der Waals surface area (Å²) in [5.41, 5.74) is 1.48. The first-order chi connectivity index (χ1) is 8.69. The first-order valence-electron chi connectivity index (χ1n) is 6.84. The molecule has 1 aromatic carbocycles. The van der Waals surface area contributed by atoms with E-state index in [0.29, 0.717) is 23.3 Å². The maximum atomic E-state index is 12.3. The number of hydrogen-bond acceptors (Lipinski definition) is 0. The Bertz CT molecular complexity index is 374. The van der Waals surface area contributed by atoms with Gasteiger partial charge < -0.3 is 0 Å². The van der Waals surface area contributed by atoms with Crippen molar-refractivity contribution in [2.75, 3.05) is 0 Å². The standard InChI is InChI=1S/C16H23F3/c1-11(2)9-15(12(3)4)14-7-5-13(6-8-14)10-16(17,18)19/h5-8,11-12,15H,9-10H2,1-4H3. The van der Waals surface area contributed by atoms with Crippen LogP contribution in [0.4, 0.5) is 13.2 Å². The third-order valence-corrected chi connectivity index (χ3v) is 3.34. The van der Waals surface area contributed by atoms with Crippen LogP contribution in [0.1, 0.15) is 51.2 Å². The molecule has 0 spiro atoms. The molecule has 0 saturated carbocycles. The summed E-state index contributed by atoms with van der Waals surface area (Å²) in [6, 6.07) is 6.93. The van der Waals surface area contributed by atoms with Crippen LogP contribution in [0.3, 0.4) is 0 Å². The predicted molar refractivity (Wildman–Crippen MR) is 73.2 cm³/mol. The van der Waals surface area contributed by atoms with E-state index in [4.69, 9.17) is 0 Å². The van der Waals surface area contributed by atoms with Gasteiger partial charge in [0, 0.05) is 0 Å². The van der Waals surface area contributed by atoms with Crippen molar-refractivity contribution in [3.05, 3.63) is 35.4 Å². The van der Waals surface area contributed by atoms with E-state index in [2.05, 4.69) is 27.7 Å². The zero-order valence-electron chi connectivity index (χ0n) is 12.1. The Morgan fingerprint density at radius 2 is 1.47 bits per heavy atom. The van der Waals surface area contributed by atoms with Gasteiger partial charge in [0.2, 0.25) is 0 Å². The minimum absolute atomic E-state index is 0.336. The first-order valence-corrected chi connectivity index (χ1v) is 6.84. The highest BCUT2D eigenvalue weighted by molar-refractivity contribution is 5.26. The second kappa shape index (κ2) is 6.44. The fraction of sp³-hybridized carbons (Fsp3) is 0.625. The largest absolute Gasteiger partial charge is 0.393 e. The number of alkyl halides is 3. The van der Waals surface area contributed by atoms with Crippen LogP contribution in [0.5, 0.6) is 0 Å². The summed E-state index contributed by atoms with van der Waals surface area (Å²) in [7, 11) is 0. The lowest BCUT2D eigenvalue weighted by Crippen LogP contribution is -2.12. The Kier molecular flexibility index (Phi) is 5.45. The van der Waals surface area contributed by atoms with Gasteiger partial charge in [-0.25, -0.2) is 0 Å². The van der Waals surface area contributed by atoms with Crippen LogP contribution in [0.25, 0.3) is 0 Å². The maximum absolute atomic E-state index is 12.3. The smallest absolute Gasteiger partial charge is 0.171 e. The molecule has 0 bridgehead atoms. The van der Waals surface area contributed by atoms with Gasteiger partial charge in [-0.05, 0) is 35.3 Å². The molecule has 3 heteroatoms. The quantitative estimate of drug-likeness (QED) is 0.656. The van der Waals surface area contributed by atoms with E-state index in [9.17, 15) is 13.2 Å². The number of halogens is 3. The lowest BCUT2D eigenvalue weighted by atomic mass is 9.82. The molecule has 0 amide bonds. The molecule has 1 rings (SSSR count). The Balaban J connectivity index is 2.83. The van der Waals surface area contributed by atoms with E-state index < -0.39 is 12.6 Å². The van der Waals surface area contributed by atoms with Gasteiger partial charge in [-0.15, -0.1) is 0 Å². The van der Waals surface area contributed by atoms with E-state index in [1.165, 1.54) is 0 Å². The minimum Gasteiger partial charge on any atom is -0.171 e. The van der Waals surface area contributed by atoms with Gasteiger partial charge in [0.15, 0.2) is 0 Å². The lowest BCUT2D eigenvalue weighted by Gasteiger charge is -2.23. The van der Waals surface area contributed by atoms with Crippen molar-refractivity contribution in [2.24, 2.45) is 11.8 Å². The fourth-order valence-corrected chi connectivity index (χ4v) is 2.42. The normalized spacial score (nSPS) is 14.2. The van der Waals surface area contributed by atoms with Gasteiger partial charge in [0.25, 0.3) is 0 Å². The molecule has 0 fully saturated rings. The highest BCUT2D eigenvalue weighted by atomic mass is 19.4. The molecule has 0 saturated heterocycles. The molecular formula is C16H23F3. The lowest BCUT2D eigenvalue weighted by molar-refractivity contribution is -0.127. The van der Waals surface area contributed by atoms with E-state index in [-0.39, 0.29) is 0 Å². The molecule has 1 unspecified atom stereocenters. The zero-order chi connectivity index (χ0) is 14.6. The number of benzene rings is 1. The fourth-order valence-electron chi connectivity index (χ4n) is 2.42. The van der Waals surface area contributed by atoms with Crippen molar-refractivity contribution >= 4 is 0 Å². The highest BCUT2D eigenvalue weighted by Gasteiger charge is 2.27. The van der Waals surface area contributed by atoms with Crippen LogP contribution in [0, 0.1) is 11.8 Å². The van der Waals surface area contributed by atoms with Crippen LogP contribution >= 0.6 is 0 Å². The van der Waals surface area contributed by atoms with Gasteiger partial charge in [0.05, 0.1) is 6.42 Å². The van der Waals surface area contributed by atoms with Crippen molar-refractivity contribution in [1.82, 2.24) is 0 Å². The van der Waals surface area contributed by atoms with Crippen molar-refractivity contribution < 1.29 is 13.2 Å². The summed E-state index contributed by atoms with van der Waals surface area (Å²) in [4.78, 5) is 0. The summed E-state index contributed by atoms with van der Waals surface area (Å²) in [6.45, 7) is 8.67. The Morgan fingerprint density at radius 1 is 0.947 bits per heavy atom. The van der Waals surface area contributed by atoms with E-state index in [1.807, 2.05) is 12.1 Å². The monoisotopic (exact) mass is 272 g/mol. The Labute approximate surface area is 114 Å². The predicted octanol–water partition coefficient (Wildman–Crippen LogP) is 5.58. The second-order valence-electron chi connectivity index (χ2n) is 6.01. The molecule has 0 heterocycles. The zero-order valence-corrected chi connectivity index (χ0v) is 12.1. The summed E-state index contributed by atoms with van der Waals surface area (Å²) >= 11 is 0. The van der Waals surface area contributed by atoms with Crippen molar-refractivity contribution in [2.45, 2.75) is 52.6 Å². The average molecular weight is 272 g/mol.